The molecule has 1 fully saturated rings. The van der Waals surface area contributed by atoms with Crippen LogP contribution in [-0.4, -0.2) is 18.1 Å². The van der Waals surface area contributed by atoms with Crippen LogP contribution in [0, 0.1) is 12.8 Å². The lowest BCUT2D eigenvalue weighted by molar-refractivity contribution is 0.372. The Bertz CT molecular complexity index is 286. The minimum Gasteiger partial charge on any atom is -0.317 e. The molecule has 0 amide bonds. The Labute approximate surface area is 97.3 Å². The van der Waals surface area contributed by atoms with Crippen LogP contribution in [0.5, 0.6) is 0 Å². The van der Waals surface area contributed by atoms with Crippen LogP contribution in [0.1, 0.15) is 22.7 Å². The number of halogens is 1. The van der Waals surface area contributed by atoms with Crippen LogP contribution in [0.4, 0.5) is 0 Å². The van der Waals surface area contributed by atoms with Gasteiger partial charge in [0.15, 0.2) is 0 Å². The second-order valence-electron chi connectivity index (χ2n) is 3.85. The summed E-state index contributed by atoms with van der Waals surface area (Å²) in [6.45, 7) is 4.47. The Kier molecular flexibility index (Phi) is 3.57. The summed E-state index contributed by atoms with van der Waals surface area (Å²) in [6, 6.07) is 0. The van der Waals surface area contributed by atoms with Crippen LogP contribution < -0.4 is 5.32 Å². The summed E-state index contributed by atoms with van der Waals surface area (Å²) in [4.78, 5) is 5.82. The molecule has 4 heteroatoms. The molecule has 0 aliphatic carbocycles. The highest BCUT2D eigenvalue weighted by atomic mass is 79.9. The molecule has 0 bridgehead atoms. The number of thiazole rings is 1. The Morgan fingerprint density at radius 1 is 1.50 bits per heavy atom. The van der Waals surface area contributed by atoms with E-state index in [1.807, 2.05) is 11.3 Å². The van der Waals surface area contributed by atoms with Crippen molar-refractivity contribution in [2.75, 3.05) is 13.1 Å². The molecule has 1 N–H and O–H groups in total. The first-order valence-electron chi connectivity index (χ1n) is 5.08. The summed E-state index contributed by atoms with van der Waals surface area (Å²) in [7, 11) is 0. The fourth-order valence-corrected chi connectivity index (χ4v) is 3.36. The number of hydrogen-bond acceptors (Lipinski definition) is 3. The molecular weight excluding hydrogens is 260 g/mol. The summed E-state index contributed by atoms with van der Waals surface area (Å²) >= 11 is 5.30. The van der Waals surface area contributed by atoms with Gasteiger partial charge < -0.3 is 5.32 Å². The second kappa shape index (κ2) is 4.73. The van der Waals surface area contributed by atoms with E-state index in [4.69, 9.17) is 0 Å². The lowest BCUT2D eigenvalue weighted by Crippen LogP contribution is -2.28. The van der Waals surface area contributed by atoms with Gasteiger partial charge in [0.1, 0.15) is 4.60 Å². The summed E-state index contributed by atoms with van der Waals surface area (Å²) in [5.74, 6) is 0.841. The van der Waals surface area contributed by atoms with E-state index in [2.05, 4.69) is 33.2 Å². The second-order valence-corrected chi connectivity index (χ2v) is 5.89. The molecule has 0 aromatic carbocycles. The molecule has 0 radical (unpaired) electrons. The minimum absolute atomic E-state index is 0.841. The first kappa shape index (κ1) is 10.6. The molecule has 1 aromatic rings. The van der Waals surface area contributed by atoms with E-state index >= 15 is 0 Å². The van der Waals surface area contributed by atoms with Gasteiger partial charge in [-0.2, -0.15) is 0 Å². The highest BCUT2D eigenvalue weighted by Crippen LogP contribution is 2.26. The van der Waals surface area contributed by atoms with E-state index in [0.717, 1.165) is 10.5 Å². The van der Waals surface area contributed by atoms with E-state index in [9.17, 15) is 0 Å². The largest absolute Gasteiger partial charge is 0.317 e. The number of piperidine rings is 1. The van der Waals surface area contributed by atoms with Crippen molar-refractivity contribution in [3.8, 4) is 0 Å². The Hall–Kier alpha value is 0.0700. The highest BCUT2D eigenvalue weighted by Gasteiger charge is 2.15. The molecule has 2 heterocycles. The van der Waals surface area contributed by atoms with Crippen LogP contribution in [0.2, 0.25) is 0 Å². The molecule has 14 heavy (non-hydrogen) atoms. The summed E-state index contributed by atoms with van der Waals surface area (Å²) < 4.78 is 1.03. The zero-order valence-electron chi connectivity index (χ0n) is 8.35. The zero-order chi connectivity index (χ0) is 9.97. The maximum Gasteiger partial charge on any atom is 0.120 e. The van der Waals surface area contributed by atoms with Gasteiger partial charge in [-0.15, -0.1) is 11.3 Å². The number of rotatable bonds is 2. The maximum atomic E-state index is 4.52. The summed E-state index contributed by atoms with van der Waals surface area (Å²) in [6.07, 6.45) is 3.77. The van der Waals surface area contributed by atoms with Crippen LogP contribution >= 0.6 is 27.3 Å². The van der Waals surface area contributed by atoms with Gasteiger partial charge in [0.05, 0.1) is 5.01 Å². The Balaban J connectivity index is 1.95. The summed E-state index contributed by atoms with van der Waals surface area (Å²) in [5.41, 5.74) is 0. The maximum absolute atomic E-state index is 4.52. The van der Waals surface area contributed by atoms with Crippen molar-refractivity contribution in [3.63, 3.8) is 0 Å². The lowest BCUT2D eigenvalue weighted by atomic mass is 9.95. The molecular formula is C10H15BrN2S. The third-order valence-electron chi connectivity index (χ3n) is 2.71. The molecule has 0 atom stereocenters. The van der Waals surface area contributed by atoms with Crippen molar-refractivity contribution in [2.45, 2.75) is 26.2 Å². The lowest BCUT2D eigenvalue weighted by Gasteiger charge is -2.21. The quantitative estimate of drug-likeness (QED) is 0.897. The van der Waals surface area contributed by atoms with Gasteiger partial charge >= 0.3 is 0 Å². The molecule has 0 unspecified atom stereocenters. The topological polar surface area (TPSA) is 24.9 Å². The first-order valence-corrected chi connectivity index (χ1v) is 6.69. The predicted molar refractivity (Wildman–Crippen MR) is 63.8 cm³/mol. The fourth-order valence-electron chi connectivity index (χ4n) is 1.85. The Morgan fingerprint density at radius 3 is 2.79 bits per heavy atom. The monoisotopic (exact) mass is 274 g/mol. The first-order chi connectivity index (χ1) is 6.75. The molecule has 0 spiro atoms. The van der Waals surface area contributed by atoms with E-state index < -0.39 is 0 Å². The third-order valence-corrected chi connectivity index (χ3v) is 4.73. The zero-order valence-corrected chi connectivity index (χ0v) is 10.7. The van der Waals surface area contributed by atoms with Crippen molar-refractivity contribution >= 4 is 27.3 Å². The van der Waals surface area contributed by atoms with E-state index in [-0.39, 0.29) is 0 Å². The van der Waals surface area contributed by atoms with E-state index in [1.165, 1.54) is 42.2 Å². The molecule has 1 saturated heterocycles. The van der Waals surface area contributed by atoms with Gasteiger partial charge in [0.25, 0.3) is 0 Å². The summed E-state index contributed by atoms with van der Waals surface area (Å²) in [5, 5.41) is 4.68. The van der Waals surface area contributed by atoms with Crippen molar-refractivity contribution < 1.29 is 0 Å². The van der Waals surface area contributed by atoms with Crippen LogP contribution in [0.15, 0.2) is 4.60 Å². The van der Waals surface area contributed by atoms with Gasteiger partial charge in [-0.3, -0.25) is 0 Å². The number of nitrogens with zero attached hydrogens (tertiary/aromatic N) is 1. The van der Waals surface area contributed by atoms with Crippen molar-refractivity contribution in [1.29, 1.82) is 0 Å². The molecule has 0 saturated carbocycles. The van der Waals surface area contributed by atoms with Crippen molar-refractivity contribution in [1.82, 2.24) is 10.3 Å². The van der Waals surface area contributed by atoms with Gasteiger partial charge in [-0.1, -0.05) is 0 Å². The van der Waals surface area contributed by atoms with Gasteiger partial charge in [0, 0.05) is 11.3 Å². The van der Waals surface area contributed by atoms with Gasteiger partial charge in [0.2, 0.25) is 0 Å². The molecule has 2 nitrogen and oxygen atoms in total. The molecule has 1 aliphatic heterocycles. The van der Waals surface area contributed by atoms with Gasteiger partial charge in [-0.25, -0.2) is 4.98 Å². The Morgan fingerprint density at radius 2 is 2.21 bits per heavy atom. The minimum atomic E-state index is 0.841. The normalized spacial score (nSPS) is 18.7. The smallest absolute Gasteiger partial charge is 0.120 e. The fraction of sp³-hybridized carbons (Fsp3) is 0.700. The van der Waals surface area contributed by atoms with Crippen LogP contribution in [0.25, 0.3) is 0 Å². The van der Waals surface area contributed by atoms with Crippen LogP contribution in [0.3, 0.4) is 0 Å². The molecule has 1 aromatic heterocycles. The SMILES string of the molecule is Cc1sc(CC2CCNCC2)nc1Br. The standard InChI is InChI=1S/C10H15BrN2S/c1-7-10(11)13-9(14-7)6-8-2-4-12-5-3-8/h8,12H,2-6H2,1H3. The number of hydrogen-bond donors (Lipinski definition) is 1. The number of nitrogens with one attached hydrogen (secondary N) is 1. The van der Waals surface area contributed by atoms with Crippen molar-refractivity contribution in [3.05, 3.63) is 14.5 Å². The highest BCUT2D eigenvalue weighted by molar-refractivity contribution is 9.10. The number of aromatic nitrogens is 1. The number of aryl methyl sites for hydroxylation is 1. The average molecular weight is 275 g/mol. The molecule has 2 rings (SSSR count). The van der Waals surface area contributed by atoms with Gasteiger partial charge in [-0.05, 0) is 54.7 Å². The predicted octanol–water partition coefficient (Wildman–Crippen LogP) is 2.76. The van der Waals surface area contributed by atoms with Crippen molar-refractivity contribution in [2.24, 2.45) is 5.92 Å². The third kappa shape index (κ3) is 2.55. The molecule has 1 aliphatic rings. The molecule has 78 valence electrons. The van der Waals surface area contributed by atoms with Crippen LogP contribution in [-0.2, 0) is 6.42 Å². The van der Waals surface area contributed by atoms with E-state index in [0.29, 0.717) is 0 Å². The van der Waals surface area contributed by atoms with E-state index in [1.54, 1.807) is 0 Å². The average Bonchev–Trinajstić information content (AvgIpc) is 2.47.